The van der Waals surface area contributed by atoms with E-state index in [0.29, 0.717) is 28.5 Å². The number of rotatable bonds is 5. The molecule has 0 atom stereocenters. The lowest BCUT2D eigenvalue weighted by Gasteiger charge is -2.02. The van der Waals surface area contributed by atoms with Crippen molar-refractivity contribution in [3.63, 3.8) is 0 Å². The Hall–Kier alpha value is -3.36. The van der Waals surface area contributed by atoms with Crippen LogP contribution in [0.25, 0.3) is 22.6 Å². The summed E-state index contributed by atoms with van der Waals surface area (Å²) < 4.78 is 8.11. The first-order chi connectivity index (χ1) is 12.7. The number of benzene rings is 1. The van der Waals surface area contributed by atoms with E-state index >= 15 is 0 Å². The molecule has 0 aliphatic carbocycles. The van der Waals surface area contributed by atoms with Crippen LogP contribution in [-0.2, 0) is 22.4 Å². The van der Waals surface area contributed by atoms with E-state index in [0.717, 1.165) is 18.5 Å². The monoisotopic (exact) mass is 351 g/mol. The molecular formula is C17H17N7O2. The summed E-state index contributed by atoms with van der Waals surface area (Å²) in [7, 11) is 1.34. The molecule has 0 saturated heterocycles. The van der Waals surface area contributed by atoms with Gasteiger partial charge >= 0.3 is 5.97 Å². The van der Waals surface area contributed by atoms with Crippen LogP contribution in [0.1, 0.15) is 24.9 Å². The van der Waals surface area contributed by atoms with Crippen LogP contribution in [0.3, 0.4) is 0 Å². The number of hydrogen-bond acceptors (Lipinski definition) is 7. The highest BCUT2D eigenvalue weighted by atomic mass is 16.5. The second kappa shape index (κ2) is 6.51. The lowest BCUT2D eigenvalue weighted by molar-refractivity contribution is -0.139. The van der Waals surface area contributed by atoms with Gasteiger partial charge in [-0.2, -0.15) is 14.6 Å². The molecule has 9 nitrogen and oxygen atoms in total. The molecule has 0 N–H and O–H groups in total. The number of para-hydroxylation sites is 1. The third-order valence-electron chi connectivity index (χ3n) is 3.99. The number of fused-ring (bicyclic) bond motifs is 3. The predicted molar refractivity (Wildman–Crippen MR) is 92.9 cm³/mol. The van der Waals surface area contributed by atoms with Crippen LogP contribution in [0, 0.1) is 0 Å². The minimum absolute atomic E-state index is 0.00351. The van der Waals surface area contributed by atoms with Crippen molar-refractivity contribution in [1.82, 2.24) is 34.6 Å². The maximum absolute atomic E-state index is 11.8. The van der Waals surface area contributed by atoms with Crippen LogP contribution in [0.2, 0.25) is 0 Å². The number of hydrogen-bond donors (Lipinski definition) is 0. The molecule has 9 heteroatoms. The first kappa shape index (κ1) is 16.1. The number of nitrogens with zero attached hydrogens (tertiary/aromatic N) is 7. The van der Waals surface area contributed by atoms with E-state index in [-0.39, 0.29) is 6.42 Å². The zero-order valence-corrected chi connectivity index (χ0v) is 14.5. The third-order valence-corrected chi connectivity index (χ3v) is 3.99. The molecule has 0 radical (unpaired) electrons. The molecule has 0 bridgehead atoms. The van der Waals surface area contributed by atoms with Crippen molar-refractivity contribution in [3.8, 4) is 5.69 Å². The molecule has 1 aromatic carbocycles. The van der Waals surface area contributed by atoms with E-state index in [2.05, 4.69) is 32.3 Å². The van der Waals surface area contributed by atoms with Crippen molar-refractivity contribution in [2.75, 3.05) is 7.11 Å². The third kappa shape index (κ3) is 2.67. The largest absolute Gasteiger partial charge is 0.469 e. The Labute approximate surface area is 148 Å². The van der Waals surface area contributed by atoms with Crippen molar-refractivity contribution in [1.29, 1.82) is 0 Å². The van der Waals surface area contributed by atoms with Crippen molar-refractivity contribution in [2.24, 2.45) is 0 Å². The maximum atomic E-state index is 11.8. The number of aromatic nitrogens is 7. The standard InChI is InChI=1S/C17H17N7O2/c1-3-7-13-18-17-20-19-15-12(10-14(25)26-2)21-23(16(15)24(17)22-13)11-8-5-4-6-9-11/h4-6,8-9H,3,7,10H2,1-2H3. The fourth-order valence-electron chi connectivity index (χ4n) is 2.79. The molecule has 3 aromatic heterocycles. The van der Waals surface area contributed by atoms with Gasteiger partial charge in [-0.1, -0.05) is 25.1 Å². The van der Waals surface area contributed by atoms with Crippen LogP contribution in [-0.4, -0.2) is 47.7 Å². The molecule has 0 aliphatic rings. The van der Waals surface area contributed by atoms with Gasteiger partial charge in [-0.3, -0.25) is 4.79 Å². The van der Waals surface area contributed by atoms with E-state index in [1.54, 1.807) is 9.20 Å². The van der Waals surface area contributed by atoms with Gasteiger partial charge in [0, 0.05) is 6.42 Å². The first-order valence-corrected chi connectivity index (χ1v) is 8.33. The Morgan fingerprint density at radius 2 is 1.96 bits per heavy atom. The summed E-state index contributed by atoms with van der Waals surface area (Å²) in [5.74, 6) is 0.712. The topological polar surface area (TPSA) is 100 Å². The number of aryl methyl sites for hydroxylation is 1. The van der Waals surface area contributed by atoms with Gasteiger partial charge < -0.3 is 4.74 Å². The van der Waals surface area contributed by atoms with E-state index < -0.39 is 5.97 Å². The molecule has 0 spiro atoms. The lowest BCUT2D eigenvalue weighted by atomic mass is 10.3. The molecule has 0 fully saturated rings. The molecule has 26 heavy (non-hydrogen) atoms. The van der Waals surface area contributed by atoms with E-state index in [9.17, 15) is 4.79 Å². The van der Waals surface area contributed by atoms with Crippen LogP contribution >= 0.6 is 0 Å². The molecular weight excluding hydrogens is 334 g/mol. The molecule has 4 rings (SSSR count). The summed E-state index contributed by atoms with van der Waals surface area (Å²) in [5, 5.41) is 17.5. The molecule has 0 aliphatic heterocycles. The van der Waals surface area contributed by atoms with Gasteiger partial charge in [0.1, 0.15) is 5.69 Å². The Morgan fingerprint density at radius 1 is 1.15 bits per heavy atom. The fourth-order valence-corrected chi connectivity index (χ4v) is 2.79. The highest BCUT2D eigenvalue weighted by Gasteiger charge is 2.21. The minimum atomic E-state index is -0.392. The van der Waals surface area contributed by atoms with Crippen LogP contribution in [0.4, 0.5) is 0 Å². The predicted octanol–water partition coefficient (Wildman–Crippen LogP) is 1.53. The lowest BCUT2D eigenvalue weighted by Crippen LogP contribution is -2.06. The minimum Gasteiger partial charge on any atom is -0.469 e. The smallest absolute Gasteiger partial charge is 0.311 e. The Kier molecular flexibility index (Phi) is 4.04. The summed E-state index contributed by atoms with van der Waals surface area (Å²) >= 11 is 0. The van der Waals surface area contributed by atoms with Gasteiger partial charge in [0.15, 0.2) is 17.0 Å². The Balaban J connectivity index is 2.00. The molecule has 0 unspecified atom stereocenters. The summed E-state index contributed by atoms with van der Waals surface area (Å²) in [6.07, 6.45) is 1.68. The zero-order valence-electron chi connectivity index (χ0n) is 14.5. The maximum Gasteiger partial charge on any atom is 0.311 e. The summed E-state index contributed by atoms with van der Waals surface area (Å²) in [4.78, 5) is 16.2. The van der Waals surface area contributed by atoms with Gasteiger partial charge in [0.05, 0.1) is 19.2 Å². The molecule has 0 amide bonds. The second-order valence-corrected chi connectivity index (χ2v) is 5.81. The van der Waals surface area contributed by atoms with Crippen LogP contribution in [0.5, 0.6) is 0 Å². The average Bonchev–Trinajstić information content (AvgIpc) is 3.23. The van der Waals surface area contributed by atoms with Gasteiger partial charge in [0.2, 0.25) is 0 Å². The summed E-state index contributed by atoms with van der Waals surface area (Å²) in [6, 6.07) is 9.60. The van der Waals surface area contributed by atoms with Gasteiger partial charge in [-0.25, -0.2) is 4.68 Å². The van der Waals surface area contributed by atoms with Crippen molar-refractivity contribution >= 4 is 22.9 Å². The highest BCUT2D eigenvalue weighted by molar-refractivity contribution is 5.82. The number of methoxy groups -OCH3 is 1. The van der Waals surface area contributed by atoms with E-state index in [1.165, 1.54) is 7.11 Å². The number of carbonyl (C=O) groups excluding carboxylic acids is 1. The second-order valence-electron chi connectivity index (χ2n) is 5.81. The Bertz CT molecular complexity index is 1080. The van der Waals surface area contributed by atoms with Crippen molar-refractivity contribution in [3.05, 3.63) is 41.9 Å². The van der Waals surface area contributed by atoms with Crippen molar-refractivity contribution < 1.29 is 9.53 Å². The average molecular weight is 351 g/mol. The zero-order chi connectivity index (χ0) is 18.1. The molecule has 0 saturated carbocycles. The number of esters is 1. The van der Waals surface area contributed by atoms with Gasteiger partial charge in [0.25, 0.3) is 5.78 Å². The normalized spacial score (nSPS) is 11.3. The summed E-state index contributed by atoms with van der Waals surface area (Å²) in [6.45, 7) is 2.07. The molecule has 132 valence electrons. The Morgan fingerprint density at radius 3 is 2.69 bits per heavy atom. The van der Waals surface area contributed by atoms with E-state index in [1.807, 2.05) is 30.3 Å². The quantitative estimate of drug-likeness (QED) is 0.503. The van der Waals surface area contributed by atoms with Gasteiger partial charge in [-0.05, 0) is 18.6 Å². The highest BCUT2D eigenvalue weighted by Crippen LogP contribution is 2.21. The fraction of sp³-hybridized carbons (Fsp3) is 0.294. The first-order valence-electron chi connectivity index (χ1n) is 8.33. The van der Waals surface area contributed by atoms with Gasteiger partial charge in [-0.15, -0.1) is 15.3 Å². The SMILES string of the molecule is CCCc1nc2nnc3c(CC(=O)OC)nn(-c4ccccc4)c3n2n1. The number of ether oxygens (including phenoxy) is 1. The number of carbonyl (C=O) groups is 1. The van der Waals surface area contributed by atoms with Crippen LogP contribution < -0.4 is 0 Å². The molecule has 4 aromatic rings. The van der Waals surface area contributed by atoms with Crippen molar-refractivity contribution in [2.45, 2.75) is 26.2 Å². The molecule has 3 heterocycles. The summed E-state index contributed by atoms with van der Waals surface area (Å²) in [5.41, 5.74) is 2.43. The van der Waals surface area contributed by atoms with E-state index in [4.69, 9.17) is 4.74 Å². The van der Waals surface area contributed by atoms with Crippen LogP contribution in [0.15, 0.2) is 30.3 Å².